The van der Waals surface area contributed by atoms with Crippen molar-refractivity contribution in [1.82, 2.24) is 30.6 Å². The molecule has 0 amide bonds. The van der Waals surface area contributed by atoms with Crippen LogP contribution in [0.2, 0.25) is 0 Å². The molecule has 0 aliphatic carbocycles. The van der Waals surface area contributed by atoms with Crippen molar-refractivity contribution in [3.05, 3.63) is 24.8 Å². The Kier molecular flexibility index (Phi) is 8.87. The van der Waals surface area contributed by atoms with Crippen molar-refractivity contribution in [2.24, 2.45) is 0 Å². The predicted molar refractivity (Wildman–Crippen MR) is 133 cm³/mol. The van der Waals surface area contributed by atoms with Crippen LogP contribution in [0.1, 0.15) is 12.8 Å². The van der Waals surface area contributed by atoms with Crippen LogP contribution in [0.5, 0.6) is 0 Å². The summed E-state index contributed by atoms with van der Waals surface area (Å²) in [5, 5.41) is 7.08. The molecule has 6 saturated heterocycles. The van der Waals surface area contributed by atoms with Gasteiger partial charge in [-0.3, -0.25) is 9.11 Å². The smallest absolute Gasteiger partial charge is 0.352 e. The van der Waals surface area contributed by atoms with E-state index in [0.29, 0.717) is 24.2 Å². The lowest BCUT2D eigenvalue weighted by Crippen LogP contribution is -2.67. The maximum Gasteiger partial charge on any atom is 0.522 e. The number of piperazine rings is 2. The van der Waals surface area contributed by atoms with Gasteiger partial charge in [-0.25, -0.2) is 19.9 Å². The summed E-state index contributed by atoms with van der Waals surface area (Å²) >= 11 is 0. The molecular formula is C20H24F6N8O6S2. The molecule has 4 unspecified atom stereocenters. The topological polar surface area (TPSA) is 191 Å². The van der Waals surface area contributed by atoms with Gasteiger partial charge in [-0.2, -0.15) is 43.2 Å². The third-order valence-electron chi connectivity index (χ3n) is 6.62. The lowest BCUT2D eigenvalue weighted by Gasteiger charge is -2.48. The number of anilines is 2. The zero-order valence-corrected chi connectivity index (χ0v) is 22.8. The minimum absolute atomic E-state index is 0.615. The van der Waals surface area contributed by atoms with Crippen LogP contribution in [0, 0.1) is 0 Å². The summed E-state index contributed by atoms with van der Waals surface area (Å²) in [6.07, 6.45) is 9.93. The minimum Gasteiger partial charge on any atom is -0.352 e. The summed E-state index contributed by atoms with van der Waals surface area (Å²) < 4.78 is 115. The Labute approximate surface area is 235 Å². The number of alkyl halides is 6. The Hall–Kier alpha value is -2.92. The van der Waals surface area contributed by atoms with Crippen molar-refractivity contribution in [2.45, 2.75) is 48.0 Å². The molecule has 8 rings (SSSR count). The SMILES string of the molecule is O=S(=O)(O)C(F)(F)F.O=S(=O)(O)C(F)(F)F.c1nc(N2CC3CC(C2)N3)cnc1-c1cnc(N2CC3CC(C2)N3)cn1. The summed E-state index contributed by atoms with van der Waals surface area (Å²) in [4.78, 5) is 23.0. The average Bonchev–Trinajstić information content (AvgIpc) is 2.87. The second-order valence-corrected chi connectivity index (χ2v) is 12.6. The molecule has 0 saturated carbocycles. The molecule has 2 aromatic heterocycles. The highest BCUT2D eigenvalue weighted by Gasteiger charge is 2.45. The van der Waals surface area contributed by atoms with E-state index in [2.05, 4.69) is 40.4 Å². The average molecular weight is 651 g/mol. The Morgan fingerprint density at radius 3 is 1.07 bits per heavy atom. The number of hydrogen-bond acceptors (Lipinski definition) is 12. The molecule has 234 valence electrons. The van der Waals surface area contributed by atoms with E-state index in [9.17, 15) is 26.3 Å². The first-order valence-electron chi connectivity index (χ1n) is 12.0. The maximum absolute atomic E-state index is 10.7. The zero-order chi connectivity index (χ0) is 31.1. The van der Waals surface area contributed by atoms with Crippen molar-refractivity contribution in [3.63, 3.8) is 0 Å². The quantitative estimate of drug-likeness (QED) is 0.207. The van der Waals surface area contributed by atoms with E-state index in [4.69, 9.17) is 25.9 Å². The zero-order valence-electron chi connectivity index (χ0n) is 21.2. The van der Waals surface area contributed by atoms with Crippen molar-refractivity contribution in [1.29, 1.82) is 0 Å². The van der Waals surface area contributed by atoms with Crippen LogP contribution in [0.25, 0.3) is 11.4 Å². The van der Waals surface area contributed by atoms with E-state index in [1.165, 1.54) is 12.8 Å². The molecule has 22 heteroatoms. The predicted octanol–water partition coefficient (Wildman–Crippen LogP) is 0.823. The second kappa shape index (κ2) is 11.6. The van der Waals surface area contributed by atoms with Gasteiger partial charge >= 0.3 is 31.3 Å². The number of nitrogens with zero attached hydrogens (tertiary/aromatic N) is 6. The van der Waals surface area contributed by atoms with Gasteiger partial charge in [0.15, 0.2) is 0 Å². The van der Waals surface area contributed by atoms with Crippen LogP contribution >= 0.6 is 0 Å². The number of nitrogens with one attached hydrogen (secondary N) is 2. The third-order valence-corrected chi connectivity index (χ3v) is 7.79. The van der Waals surface area contributed by atoms with Crippen LogP contribution in [-0.2, 0) is 20.2 Å². The lowest BCUT2D eigenvalue weighted by molar-refractivity contribution is -0.0514. The van der Waals surface area contributed by atoms with E-state index in [-0.39, 0.29) is 0 Å². The number of aromatic nitrogens is 4. The Morgan fingerprint density at radius 1 is 0.619 bits per heavy atom. The van der Waals surface area contributed by atoms with E-state index in [0.717, 1.165) is 49.2 Å². The number of piperidine rings is 2. The first-order chi connectivity index (χ1) is 19.3. The van der Waals surface area contributed by atoms with Crippen molar-refractivity contribution >= 4 is 31.9 Å². The van der Waals surface area contributed by atoms with Gasteiger partial charge in [-0.1, -0.05) is 0 Å². The third kappa shape index (κ3) is 7.72. The van der Waals surface area contributed by atoms with Crippen LogP contribution in [0.3, 0.4) is 0 Å². The summed E-state index contributed by atoms with van der Waals surface area (Å²) in [6, 6.07) is 2.46. The highest BCUT2D eigenvalue weighted by atomic mass is 32.2. The Morgan fingerprint density at radius 2 is 0.881 bits per heavy atom. The fourth-order valence-corrected chi connectivity index (χ4v) is 4.63. The van der Waals surface area contributed by atoms with Gasteiger partial charge in [0.05, 0.1) is 24.8 Å². The molecule has 0 aromatic carbocycles. The van der Waals surface area contributed by atoms with Gasteiger partial charge in [0, 0.05) is 50.3 Å². The van der Waals surface area contributed by atoms with Crippen LogP contribution < -0.4 is 20.4 Å². The molecule has 42 heavy (non-hydrogen) atoms. The fourth-order valence-electron chi connectivity index (χ4n) is 4.63. The molecule has 0 radical (unpaired) electrons. The molecule has 2 aromatic rings. The van der Waals surface area contributed by atoms with Gasteiger partial charge in [0.2, 0.25) is 0 Å². The summed E-state index contributed by atoms with van der Waals surface area (Å²) in [6.45, 7) is 4.08. The van der Waals surface area contributed by atoms with E-state index < -0.39 is 31.3 Å². The lowest BCUT2D eigenvalue weighted by atomic mass is 9.91. The van der Waals surface area contributed by atoms with Crippen molar-refractivity contribution in [2.75, 3.05) is 36.0 Å². The van der Waals surface area contributed by atoms with Gasteiger partial charge in [-0.15, -0.1) is 0 Å². The molecule has 0 spiro atoms. The van der Waals surface area contributed by atoms with Crippen LogP contribution in [-0.4, -0.2) is 107 Å². The summed E-state index contributed by atoms with van der Waals surface area (Å²) in [7, 11) is -11.7. The number of rotatable bonds is 3. The van der Waals surface area contributed by atoms with E-state index in [1.807, 2.05) is 24.8 Å². The van der Waals surface area contributed by atoms with E-state index in [1.54, 1.807) is 0 Å². The van der Waals surface area contributed by atoms with Gasteiger partial charge in [-0.05, 0) is 12.8 Å². The molecular weight excluding hydrogens is 626 g/mol. The highest BCUT2D eigenvalue weighted by Crippen LogP contribution is 2.27. The van der Waals surface area contributed by atoms with Gasteiger partial charge in [0.25, 0.3) is 0 Å². The van der Waals surface area contributed by atoms with Gasteiger partial charge < -0.3 is 20.4 Å². The van der Waals surface area contributed by atoms with Crippen LogP contribution in [0.15, 0.2) is 24.8 Å². The normalized spacial score (nSPS) is 25.1. The molecule has 4 bridgehead atoms. The van der Waals surface area contributed by atoms with Crippen molar-refractivity contribution < 1.29 is 52.3 Å². The summed E-state index contributed by atoms with van der Waals surface area (Å²) in [5.41, 5.74) is -9.52. The maximum atomic E-state index is 10.7. The first kappa shape index (κ1) is 32.0. The van der Waals surface area contributed by atoms with Crippen molar-refractivity contribution in [3.8, 4) is 11.4 Å². The molecule has 4 atom stereocenters. The second-order valence-electron chi connectivity index (χ2n) is 9.76. The van der Waals surface area contributed by atoms with Gasteiger partial charge in [0.1, 0.15) is 23.0 Å². The standard InChI is InChI=1S/C18H22N8.2CHF3O3S/c1-11-7-25(8-12(1)23-11)17-5-19-15(3-21-17)16-4-22-18(6-20-16)26-9-13-2-14(10-26)24-13;2*2-1(3,4)8(5,6)7/h3-6,11-14,23-24H,1-2,7-10H2;2*(H,5,6,7). The molecule has 8 heterocycles. The summed E-state index contributed by atoms with van der Waals surface area (Å²) in [5.74, 6) is 1.91. The first-order valence-corrected chi connectivity index (χ1v) is 14.9. The highest BCUT2D eigenvalue weighted by molar-refractivity contribution is 7.86. The molecule has 14 nitrogen and oxygen atoms in total. The van der Waals surface area contributed by atoms with Crippen LogP contribution in [0.4, 0.5) is 38.0 Å². The molecule has 4 N–H and O–H groups in total. The number of halogens is 6. The largest absolute Gasteiger partial charge is 0.522 e. The Balaban J connectivity index is 0.000000211. The molecule has 6 aliphatic rings. The number of fused-ring (bicyclic) bond motifs is 4. The number of hydrogen-bond donors (Lipinski definition) is 4. The molecule has 6 aliphatic heterocycles. The molecule has 6 fully saturated rings. The monoisotopic (exact) mass is 650 g/mol. The fraction of sp³-hybridized carbons (Fsp3) is 0.600. The minimum atomic E-state index is -5.84. The Bertz CT molecular complexity index is 1320. The van der Waals surface area contributed by atoms with E-state index >= 15 is 0 Å².